The molecule has 0 heterocycles. The van der Waals surface area contributed by atoms with Crippen molar-refractivity contribution in [3.05, 3.63) is 23.2 Å². The minimum Gasteiger partial charge on any atom is -0.495 e. The molecule has 0 fully saturated rings. The Bertz CT molecular complexity index is 408. The van der Waals surface area contributed by atoms with E-state index < -0.39 is 0 Å². The molecule has 0 radical (unpaired) electrons. The first-order valence-electron chi connectivity index (χ1n) is 5.89. The van der Waals surface area contributed by atoms with E-state index in [1.165, 1.54) is 0 Å². The molecule has 2 N–H and O–H groups in total. The molecule has 0 aliphatic heterocycles. The van der Waals surface area contributed by atoms with Gasteiger partial charge in [0.25, 0.3) is 0 Å². The van der Waals surface area contributed by atoms with Gasteiger partial charge in [0.15, 0.2) is 0 Å². The third kappa shape index (κ3) is 4.94. The SMILES string of the molecule is COc1ccc(NC(=O)CCNC(C)C)cc1Cl. The highest BCUT2D eigenvalue weighted by molar-refractivity contribution is 6.32. The van der Waals surface area contributed by atoms with E-state index in [2.05, 4.69) is 10.6 Å². The van der Waals surface area contributed by atoms with Crippen molar-refractivity contribution in [3.8, 4) is 5.75 Å². The maximum absolute atomic E-state index is 11.6. The first kappa shape index (κ1) is 14.8. The van der Waals surface area contributed by atoms with Gasteiger partial charge in [-0.05, 0) is 18.2 Å². The van der Waals surface area contributed by atoms with Crippen LogP contribution >= 0.6 is 11.6 Å². The van der Waals surface area contributed by atoms with Crippen LogP contribution in [0.25, 0.3) is 0 Å². The van der Waals surface area contributed by atoms with Crippen molar-refractivity contribution in [2.45, 2.75) is 26.3 Å². The van der Waals surface area contributed by atoms with Gasteiger partial charge in [0.2, 0.25) is 5.91 Å². The van der Waals surface area contributed by atoms with Crippen LogP contribution in [0, 0.1) is 0 Å². The minimum absolute atomic E-state index is 0.0376. The molecular formula is C13H19ClN2O2. The van der Waals surface area contributed by atoms with Gasteiger partial charge in [0.1, 0.15) is 5.75 Å². The van der Waals surface area contributed by atoms with Crippen LogP contribution < -0.4 is 15.4 Å². The lowest BCUT2D eigenvalue weighted by molar-refractivity contribution is -0.116. The van der Waals surface area contributed by atoms with Crippen molar-refractivity contribution in [1.82, 2.24) is 5.32 Å². The lowest BCUT2D eigenvalue weighted by Crippen LogP contribution is -2.27. The van der Waals surface area contributed by atoms with Crippen molar-refractivity contribution in [2.24, 2.45) is 0 Å². The molecule has 0 aliphatic carbocycles. The van der Waals surface area contributed by atoms with E-state index in [4.69, 9.17) is 16.3 Å². The van der Waals surface area contributed by atoms with Crippen LogP contribution in [-0.2, 0) is 4.79 Å². The van der Waals surface area contributed by atoms with Gasteiger partial charge in [-0.3, -0.25) is 4.79 Å². The quantitative estimate of drug-likeness (QED) is 0.836. The summed E-state index contributed by atoms with van der Waals surface area (Å²) >= 11 is 5.97. The predicted molar refractivity (Wildman–Crippen MR) is 74.4 cm³/mol. The predicted octanol–water partition coefficient (Wildman–Crippen LogP) is 2.68. The lowest BCUT2D eigenvalue weighted by Gasteiger charge is -2.09. The zero-order valence-corrected chi connectivity index (χ0v) is 11.7. The van der Waals surface area contributed by atoms with Crippen molar-refractivity contribution in [1.29, 1.82) is 0 Å². The van der Waals surface area contributed by atoms with Gasteiger partial charge in [-0.1, -0.05) is 25.4 Å². The Morgan fingerprint density at radius 2 is 2.17 bits per heavy atom. The number of methoxy groups -OCH3 is 1. The number of nitrogens with one attached hydrogen (secondary N) is 2. The second-order valence-corrected chi connectivity index (χ2v) is 4.66. The molecule has 4 nitrogen and oxygen atoms in total. The van der Waals surface area contributed by atoms with Crippen molar-refractivity contribution >= 4 is 23.2 Å². The fourth-order valence-corrected chi connectivity index (χ4v) is 1.70. The molecule has 1 amide bonds. The zero-order valence-electron chi connectivity index (χ0n) is 10.9. The summed E-state index contributed by atoms with van der Waals surface area (Å²) in [5.41, 5.74) is 0.676. The van der Waals surface area contributed by atoms with Crippen LogP contribution in [0.2, 0.25) is 5.02 Å². The molecule has 0 saturated carbocycles. The Morgan fingerprint density at radius 1 is 1.44 bits per heavy atom. The number of hydrogen-bond donors (Lipinski definition) is 2. The van der Waals surface area contributed by atoms with E-state index in [-0.39, 0.29) is 5.91 Å². The molecule has 0 aliphatic rings. The van der Waals surface area contributed by atoms with E-state index in [1.807, 2.05) is 13.8 Å². The monoisotopic (exact) mass is 270 g/mol. The van der Waals surface area contributed by atoms with Gasteiger partial charge >= 0.3 is 0 Å². The van der Waals surface area contributed by atoms with Crippen LogP contribution in [-0.4, -0.2) is 25.6 Å². The maximum Gasteiger partial charge on any atom is 0.225 e. The van der Waals surface area contributed by atoms with Gasteiger partial charge in [-0.2, -0.15) is 0 Å². The van der Waals surface area contributed by atoms with E-state index in [1.54, 1.807) is 25.3 Å². The number of carbonyl (C=O) groups is 1. The highest BCUT2D eigenvalue weighted by atomic mass is 35.5. The van der Waals surface area contributed by atoms with Gasteiger partial charge in [0, 0.05) is 24.7 Å². The van der Waals surface area contributed by atoms with E-state index >= 15 is 0 Å². The lowest BCUT2D eigenvalue weighted by atomic mass is 10.3. The first-order chi connectivity index (χ1) is 8.52. The fraction of sp³-hybridized carbons (Fsp3) is 0.462. The van der Waals surface area contributed by atoms with Gasteiger partial charge in [-0.15, -0.1) is 0 Å². The van der Waals surface area contributed by atoms with E-state index in [9.17, 15) is 4.79 Å². The van der Waals surface area contributed by atoms with Gasteiger partial charge in [0.05, 0.1) is 12.1 Å². The van der Waals surface area contributed by atoms with Gasteiger partial charge in [-0.25, -0.2) is 0 Å². The second-order valence-electron chi connectivity index (χ2n) is 4.26. The minimum atomic E-state index is -0.0376. The molecule has 100 valence electrons. The van der Waals surface area contributed by atoms with Crippen LogP contribution in [0.3, 0.4) is 0 Å². The Labute approximate surface area is 113 Å². The number of benzene rings is 1. The van der Waals surface area contributed by atoms with Crippen LogP contribution in [0.15, 0.2) is 18.2 Å². The second kappa shape index (κ2) is 7.24. The molecule has 0 saturated heterocycles. The summed E-state index contributed by atoms with van der Waals surface area (Å²) in [6.45, 7) is 4.75. The summed E-state index contributed by atoms with van der Waals surface area (Å²) in [6.07, 6.45) is 0.432. The molecule has 0 unspecified atom stereocenters. The average molecular weight is 271 g/mol. The third-order valence-electron chi connectivity index (χ3n) is 2.34. The summed E-state index contributed by atoms with van der Waals surface area (Å²) < 4.78 is 5.04. The molecule has 0 bridgehead atoms. The van der Waals surface area contributed by atoms with Crippen LogP contribution in [0.5, 0.6) is 5.75 Å². The van der Waals surface area contributed by atoms with Crippen molar-refractivity contribution in [3.63, 3.8) is 0 Å². The number of amides is 1. The normalized spacial score (nSPS) is 10.5. The molecule has 0 aromatic heterocycles. The largest absolute Gasteiger partial charge is 0.495 e. The number of hydrogen-bond acceptors (Lipinski definition) is 3. The number of ether oxygens (including phenoxy) is 1. The molecule has 0 spiro atoms. The van der Waals surface area contributed by atoms with E-state index in [0.717, 1.165) is 0 Å². The van der Waals surface area contributed by atoms with Crippen LogP contribution in [0.4, 0.5) is 5.69 Å². The highest BCUT2D eigenvalue weighted by Gasteiger charge is 2.05. The third-order valence-corrected chi connectivity index (χ3v) is 2.64. The Hall–Kier alpha value is -1.26. The average Bonchev–Trinajstić information content (AvgIpc) is 2.28. The van der Waals surface area contributed by atoms with Crippen LogP contribution in [0.1, 0.15) is 20.3 Å². The Kier molecular flexibility index (Phi) is 5.95. The van der Waals surface area contributed by atoms with E-state index in [0.29, 0.717) is 35.5 Å². The maximum atomic E-state index is 11.6. The first-order valence-corrected chi connectivity index (χ1v) is 6.27. The topological polar surface area (TPSA) is 50.4 Å². The van der Waals surface area contributed by atoms with Gasteiger partial charge < -0.3 is 15.4 Å². The smallest absolute Gasteiger partial charge is 0.225 e. The highest BCUT2D eigenvalue weighted by Crippen LogP contribution is 2.27. The number of rotatable bonds is 6. The molecule has 18 heavy (non-hydrogen) atoms. The Morgan fingerprint density at radius 3 is 2.72 bits per heavy atom. The van der Waals surface area contributed by atoms with Crippen molar-refractivity contribution < 1.29 is 9.53 Å². The zero-order chi connectivity index (χ0) is 13.5. The summed E-state index contributed by atoms with van der Waals surface area (Å²) in [5, 5.41) is 6.46. The summed E-state index contributed by atoms with van der Waals surface area (Å²) in [5.74, 6) is 0.556. The molecule has 0 atom stereocenters. The molecule has 1 aromatic carbocycles. The fourth-order valence-electron chi connectivity index (χ4n) is 1.44. The molecular weight excluding hydrogens is 252 g/mol. The van der Waals surface area contributed by atoms with Crippen molar-refractivity contribution in [2.75, 3.05) is 19.0 Å². The molecule has 5 heteroatoms. The number of carbonyl (C=O) groups excluding carboxylic acids is 1. The summed E-state index contributed by atoms with van der Waals surface area (Å²) in [6, 6.07) is 5.55. The summed E-state index contributed by atoms with van der Waals surface area (Å²) in [4.78, 5) is 11.6. The summed E-state index contributed by atoms with van der Waals surface area (Å²) in [7, 11) is 1.55. The number of anilines is 1. The molecule has 1 aromatic rings. The number of halogens is 1. The Balaban J connectivity index is 2.47. The standard InChI is InChI=1S/C13H19ClN2O2/c1-9(2)15-7-6-13(17)16-10-4-5-12(18-3)11(14)8-10/h4-5,8-9,15H,6-7H2,1-3H3,(H,16,17). The molecule has 1 rings (SSSR count).